The third-order valence-electron chi connectivity index (χ3n) is 2.08. The summed E-state index contributed by atoms with van der Waals surface area (Å²) in [5.74, 6) is 0. The highest BCUT2D eigenvalue weighted by molar-refractivity contribution is 9.10. The predicted molar refractivity (Wildman–Crippen MR) is 70.7 cm³/mol. The molecule has 6 heteroatoms. The van der Waals surface area contributed by atoms with E-state index in [-0.39, 0.29) is 15.2 Å². The van der Waals surface area contributed by atoms with Crippen LogP contribution in [0.25, 0.3) is 0 Å². The minimum atomic E-state index is -4.42. The van der Waals surface area contributed by atoms with Crippen molar-refractivity contribution in [2.75, 3.05) is 0 Å². The molecule has 0 amide bonds. The van der Waals surface area contributed by atoms with Crippen LogP contribution >= 0.6 is 27.7 Å². The van der Waals surface area contributed by atoms with Crippen molar-refractivity contribution in [3.05, 3.63) is 27.7 Å². The first-order valence-electron chi connectivity index (χ1n) is 5.24. The first kappa shape index (κ1) is 15.9. The van der Waals surface area contributed by atoms with E-state index in [2.05, 4.69) is 15.9 Å². The number of hydrogen-bond acceptors (Lipinski definition) is 2. The fourth-order valence-electron chi connectivity index (χ4n) is 1.40. The van der Waals surface area contributed by atoms with E-state index in [1.165, 1.54) is 6.07 Å². The lowest BCUT2D eigenvalue weighted by Crippen LogP contribution is -2.14. The number of alkyl halides is 3. The standard InChI is InChI=1S/C12H14BrF3OS/c1-11(2,3)18-10-7(6-17)9(13)5-4-8(10)12(14,15)16/h4-5,17H,6H2,1-3H3. The molecule has 0 radical (unpaired) electrons. The maximum atomic E-state index is 13.0. The largest absolute Gasteiger partial charge is 0.417 e. The summed E-state index contributed by atoms with van der Waals surface area (Å²) in [5.41, 5.74) is -0.417. The highest BCUT2D eigenvalue weighted by Crippen LogP contribution is 2.44. The Kier molecular flexibility index (Phi) is 4.78. The summed E-state index contributed by atoms with van der Waals surface area (Å²) >= 11 is 4.28. The molecule has 1 rings (SSSR count). The Morgan fingerprint density at radius 1 is 1.22 bits per heavy atom. The highest BCUT2D eigenvalue weighted by Gasteiger charge is 2.36. The molecular weight excluding hydrogens is 329 g/mol. The highest BCUT2D eigenvalue weighted by atomic mass is 79.9. The van der Waals surface area contributed by atoms with Crippen LogP contribution in [-0.2, 0) is 12.8 Å². The number of hydrogen-bond donors (Lipinski definition) is 1. The quantitative estimate of drug-likeness (QED) is 0.775. The Morgan fingerprint density at radius 3 is 2.17 bits per heavy atom. The topological polar surface area (TPSA) is 20.2 Å². The van der Waals surface area contributed by atoms with Crippen LogP contribution in [0.4, 0.5) is 13.2 Å². The predicted octanol–water partition coefficient (Wildman–Crippen LogP) is 4.85. The van der Waals surface area contributed by atoms with Gasteiger partial charge in [-0.3, -0.25) is 0 Å². The van der Waals surface area contributed by atoms with Gasteiger partial charge in [-0.25, -0.2) is 0 Å². The van der Waals surface area contributed by atoms with Crippen LogP contribution in [0.15, 0.2) is 21.5 Å². The van der Waals surface area contributed by atoms with Crippen molar-refractivity contribution in [2.45, 2.75) is 43.2 Å². The first-order chi connectivity index (χ1) is 8.06. The average Bonchev–Trinajstić information content (AvgIpc) is 2.13. The third kappa shape index (κ3) is 3.90. The molecule has 0 heterocycles. The molecule has 1 aromatic rings. The second-order valence-electron chi connectivity index (χ2n) is 4.77. The van der Waals surface area contributed by atoms with Gasteiger partial charge < -0.3 is 5.11 Å². The molecule has 18 heavy (non-hydrogen) atoms. The summed E-state index contributed by atoms with van der Waals surface area (Å²) in [6, 6.07) is 2.36. The van der Waals surface area contributed by atoms with Gasteiger partial charge in [0.15, 0.2) is 0 Å². The lowest BCUT2D eigenvalue weighted by molar-refractivity contribution is -0.139. The zero-order valence-electron chi connectivity index (χ0n) is 10.2. The van der Waals surface area contributed by atoms with Gasteiger partial charge in [0.25, 0.3) is 0 Å². The van der Waals surface area contributed by atoms with Crippen LogP contribution in [0, 0.1) is 0 Å². The molecular formula is C12H14BrF3OS. The van der Waals surface area contributed by atoms with E-state index in [0.29, 0.717) is 4.47 Å². The number of halogens is 4. The van der Waals surface area contributed by atoms with E-state index < -0.39 is 18.3 Å². The van der Waals surface area contributed by atoms with Gasteiger partial charge in [-0.05, 0) is 12.1 Å². The number of aliphatic hydroxyl groups excluding tert-OH is 1. The number of benzene rings is 1. The molecule has 1 aromatic carbocycles. The average molecular weight is 343 g/mol. The van der Waals surface area contributed by atoms with Crippen LogP contribution in [0.5, 0.6) is 0 Å². The minimum Gasteiger partial charge on any atom is -0.392 e. The zero-order chi connectivity index (χ0) is 14.1. The third-order valence-corrected chi connectivity index (χ3v) is 4.10. The van der Waals surface area contributed by atoms with Gasteiger partial charge in [0.1, 0.15) is 0 Å². The van der Waals surface area contributed by atoms with Crippen LogP contribution in [0.3, 0.4) is 0 Å². The van der Waals surface area contributed by atoms with Gasteiger partial charge in [0.2, 0.25) is 0 Å². The van der Waals surface area contributed by atoms with Crippen molar-refractivity contribution in [2.24, 2.45) is 0 Å². The Balaban J connectivity index is 3.45. The number of aliphatic hydroxyl groups is 1. The summed E-state index contributed by atoms with van der Waals surface area (Å²) < 4.78 is 39.0. The molecule has 0 spiro atoms. The Hall–Kier alpha value is -0.200. The smallest absolute Gasteiger partial charge is 0.392 e. The minimum absolute atomic E-state index is 0.0897. The summed E-state index contributed by atoms with van der Waals surface area (Å²) in [6.45, 7) is 5.07. The van der Waals surface area contributed by atoms with Gasteiger partial charge in [-0.15, -0.1) is 11.8 Å². The molecule has 1 N–H and O–H groups in total. The van der Waals surface area contributed by atoms with E-state index in [9.17, 15) is 18.3 Å². The van der Waals surface area contributed by atoms with Gasteiger partial charge in [-0.2, -0.15) is 13.2 Å². The van der Waals surface area contributed by atoms with Crippen molar-refractivity contribution in [3.8, 4) is 0 Å². The van der Waals surface area contributed by atoms with Crippen molar-refractivity contribution < 1.29 is 18.3 Å². The lowest BCUT2D eigenvalue weighted by atomic mass is 10.1. The van der Waals surface area contributed by atoms with E-state index in [0.717, 1.165) is 17.8 Å². The molecule has 1 nitrogen and oxygen atoms in total. The number of rotatable bonds is 2. The van der Waals surface area contributed by atoms with E-state index in [4.69, 9.17) is 0 Å². The second kappa shape index (κ2) is 5.43. The number of thioether (sulfide) groups is 1. The monoisotopic (exact) mass is 342 g/mol. The summed E-state index contributed by atoms with van der Waals surface area (Å²) in [4.78, 5) is 0.0897. The molecule has 0 aliphatic rings. The Bertz CT molecular complexity index is 438. The van der Waals surface area contributed by atoms with Crippen LogP contribution in [-0.4, -0.2) is 9.85 Å². The lowest BCUT2D eigenvalue weighted by Gasteiger charge is -2.23. The molecule has 0 atom stereocenters. The fourth-order valence-corrected chi connectivity index (χ4v) is 3.19. The molecule has 0 saturated carbocycles. The van der Waals surface area contributed by atoms with Gasteiger partial charge in [-0.1, -0.05) is 36.7 Å². The molecule has 0 fully saturated rings. The van der Waals surface area contributed by atoms with Crippen molar-refractivity contribution in [3.63, 3.8) is 0 Å². The first-order valence-corrected chi connectivity index (χ1v) is 6.85. The molecule has 0 saturated heterocycles. The summed E-state index contributed by atoms with van der Waals surface area (Å²) in [7, 11) is 0. The summed E-state index contributed by atoms with van der Waals surface area (Å²) in [6.07, 6.45) is -4.42. The summed E-state index contributed by atoms with van der Waals surface area (Å²) in [5, 5.41) is 9.28. The molecule has 0 aliphatic heterocycles. The normalized spacial score (nSPS) is 12.9. The van der Waals surface area contributed by atoms with Crippen molar-refractivity contribution in [1.29, 1.82) is 0 Å². The Labute approximate surface area is 117 Å². The van der Waals surface area contributed by atoms with E-state index in [1.807, 2.05) is 20.8 Å². The van der Waals surface area contributed by atoms with Crippen LogP contribution in [0.2, 0.25) is 0 Å². The van der Waals surface area contributed by atoms with E-state index >= 15 is 0 Å². The van der Waals surface area contributed by atoms with Gasteiger partial charge in [0.05, 0.1) is 12.2 Å². The van der Waals surface area contributed by atoms with Crippen LogP contribution in [0.1, 0.15) is 31.9 Å². The zero-order valence-corrected chi connectivity index (χ0v) is 12.6. The maximum Gasteiger partial charge on any atom is 0.417 e. The molecule has 0 bridgehead atoms. The van der Waals surface area contributed by atoms with Gasteiger partial charge >= 0.3 is 6.18 Å². The maximum absolute atomic E-state index is 13.0. The van der Waals surface area contributed by atoms with Crippen LogP contribution < -0.4 is 0 Å². The van der Waals surface area contributed by atoms with Crippen molar-refractivity contribution in [1.82, 2.24) is 0 Å². The molecule has 0 aromatic heterocycles. The van der Waals surface area contributed by atoms with E-state index in [1.54, 1.807) is 0 Å². The molecule has 102 valence electrons. The fraction of sp³-hybridized carbons (Fsp3) is 0.500. The SMILES string of the molecule is CC(C)(C)Sc1c(C(F)(F)F)ccc(Br)c1CO. The van der Waals surface area contributed by atoms with Gasteiger partial charge in [0, 0.05) is 19.7 Å². The Morgan fingerprint density at radius 2 is 1.78 bits per heavy atom. The molecule has 0 unspecified atom stereocenters. The van der Waals surface area contributed by atoms with Crippen molar-refractivity contribution >= 4 is 27.7 Å². The molecule has 0 aliphatic carbocycles. The second-order valence-corrected chi connectivity index (χ2v) is 7.46.